The Morgan fingerprint density at radius 3 is 1.94 bits per heavy atom. The number of nitrogens with zero attached hydrogens (tertiary/aromatic N) is 6. The number of aromatic nitrogens is 4. The summed E-state index contributed by atoms with van der Waals surface area (Å²) in [5.74, 6) is -2.91. The maximum Gasteiger partial charge on any atom is 0.408 e. The molecule has 2 N–H and O–H groups in total. The molecular formula is C18H28N6O8. The van der Waals surface area contributed by atoms with Crippen LogP contribution in [0.25, 0.3) is 0 Å². The van der Waals surface area contributed by atoms with Crippen LogP contribution in [-0.2, 0) is 31.6 Å². The Bertz CT molecular complexity index is 917. The number of esters is 2. The van der Waals surface area contributed by atoms with Crippen LogP contribution < -0.4 is 0 Å². The lowest BCUT2D eigenvalue weighted by molar-refractivity contribution is -0.191. The van der Waals surface area contributed by atoms with Crippen LogP contribution in [0.5, 0.6) is 0 Å². The number of amides is 2. The van der Waals surface area contributed by atoms with Gasteiger partial charge in [0.2, 0.25) is 11.4 Å². The predicted octanol–water partition coefficient (Wildman–Crippen LogP) is 0.431. The van der Waals surface area contributed by atoms with Crippen molar-refractivity contribution < 1.29 is 38.9 Å². The summed E-state index contributed by atoms with van der Waals surface area (Å²) in [6, 6.07) is -2.00. The first kappa shape index (κ1) is 24.8. The SMILES string of the molecule is Cn1nnc(C2(C(=O)OC(C)(C)C)C(C(=O)OC(C)(C)C)N(C(=O)O)CCN2C(=O)O)n1. The van der Waals surface area contributed by atoms with Crippen molar-refractivity contribution in [2.24, 2.45) is 7.05 Å². The van der Waals surface area contributed by atoms with Gasteiger partial charge < -0.3 is 19.7 Å². The minimum absolute atomic E-state index is 0.406. The molecule has 2 rings (SSSR count). The van der Waals surface area contributed by atoms with Gasteiger partial charge in [0.25, 0.3) is 0 Å². The Hall–Kier alpha value is -3.45. The van der Waals surface area contributed by atoms with E-state index in [4.69, 9.17) is 9.47 Å². The highest BCUT2D eigenvalue weighted by molar-refractivity contribution is 5.96. The molecule has 0 aliphatic carbocycles. The Morgan fingerprint density at radius 1 is 0.969 bits per heavy atom. The van der Waals surface area contributed by atoms with Crippen molar-refractivity contribution in [3.8, 4) is 0 Å². The van der Waals surface area contributed by atoms with Crippen molar-refractivity contribution in [2.75, 3.05) is 13.1 Å². The van der Waals surface area contributed by atoms with Crippen LogP contribution in [-0.4, -0.2) is 94.7 Å². The van der Waals surface area contributed by atoms with Gasteiger partial charge in [-0.15, -0.1) is 10.2 Å². The first-order valence-corrected chi connectivity index (χ1v) is 9.71. The van der Waals surface area contributed by atoms with E-state index in [9.17, 15) is 29.4 Å². The van der Waals surface area contributed by atoms with Crippen molar-refractivity contribution in [3.05, 3.63) is 5.82 Å². The lowest BCUT2D eigenvalue weighted by atomic mass is 9.83. The third-order valence-electron chi connectivity index (χ3n) is 4.36. The highest BCUT2D eigenvalue weighted by Crippen LogP contribution is 2.40. The second kappa shape index (κ2) is 8.24. The van der Waals surface area contributed by atoms with Crippen LogP contribution in [0.4, 0.5) is 9.59 Å². The second-order valence-electron chi connectivity index (χ2n) is 9.22. The third-order valence-corrected chi connectivity index (χ3v) is 4.36. The molecule has 14 heteroatoms. The van der Waals surface area contributed by atoms with E-state index in [2.05, 4.69) is 15.4 Å². The number of ether oxygens (including phenoxy) is 2. The maximum atomic E-state index is 13.6. The highest BCUT2D eigenvalue weighted by atomic mass is 16.6. The van der Waals surface area contributed by atoms with Crippen molar-refractivity contribution in [2.45, 2.75) is 64.3 Å². The van der Waals surface area contributed by atoms with Gasteiger partial charge in [0, 0.05) is 13.1 Å². The smallest absolute Gasteiger partial charge is 0.408 e. The van der Waals surface area contributed by atoms with Gasteiger partial charge in [0.15, 0.2) is 6.04 Å². The fourth-order valence-electron chi connectivity index (χ4n) is 3.34. The summed E-state index contributed by atoms with van der Waals surface area (Å²) >= 11 is 0. The number of rotatable bonds is 3. The van der Waals surface area contributed by atoms with E-state index in [1.807, 2.05) is 0 Å². The average Bonchev–Trinajstić information content (AvgIpc) is 3.03. The Labute approximate surface area is 184 Å². The lowest BCUT2D eigenvalue weighted by Crippen LogP contribution is -2.74. The molecular weight excluding hydrogens is 428 g/mol. The van der Waals surface area contributed by atoms with E-state index in [1.54, 1.807) is 20.8 Å². The third kappa shape index (κ3) is 4.73. The van der Waals surface area contributed by atoms with E-state index >= 15 is 0 Å². The summed E-state index contributed by atoms with van der Waals surface area (Å²) in [6.45, 7) is 8.38. The van der Waals surface area contributed by atoms with Gasteiger partial charge in [-0.05, 0) is 46.8 Å². The summed E-state index contributed by atoms with van der Waals surface area (Å²) in [5.41, 5.74) is -4.81. The van der Waals surface area contributed by atoms with Crippen LogP contribution in [0.1, 0.15) is 47.4 Å². The van der Waals surface area contributed by atoms with Crippen LogP contribution in [0, 0.1) is 0 Å². The molecule has 1 aliphatic heterocycles. The number of carbonyl (C=O) groups is 4. The standard InChI is InChI=1S/C18H28N6O8/c1-16(2,3)31-11(25)10-18(12-19-21-22(7)20-12,13(26)32-17(4,5)6)24(15(29)30)9-8-23(10)14(27)28/h10H,8-9H2,1-7H3,(H,27,28)(H,29,30). The molecule has 1 aromatic heterocycles. The topological polar surface area (TPSA) is 177 Å². The van der Waals surface area contributed by atoms with Crippen molar-refractivity contribution in [1.82, 2.24) is 30.0 Å². The maximum absolute atomic E-state index is 13.6. The Morgan fingerprint density at radius 2 is 1.53 bits per heavy atom. The molecule has 2 heterocycles. The molecule has 1 aromatic rings. The van der Waals surface area contributed by atoms with Gasteiger partial charge in [-0.2, -0.15) is 4.80 Å². The number of tetrazole rings is 1. The van der Waals surface area contributed by atoms with Gasteiger partial charge in [0.05, 0.1) is 7.05 Å². The number of hydrogen-bond donors (Lipinski definition) is 2. The van der Waals surface area contributed by atoms with E-state index < -0.39 is 65.8 Å². The Kier molecular flexibility index (Phi) is 6.39. The molecule has 1 fully saturated rings. The molecule has 14 nitrogen and oxygen atoms in total. The quantitative estimate of drug-likeness (QED) is 0.603. The minimum atomic E-state index is -2.60. The van der Waals surface area contributed by atoms with Crippen LogP contribution in [0.2, 0.25) is 0 Å². The fraction of sp³-hybridized carbons (Fsp3) is 0.722. The predicted molar refractivity (Wildman–Crippen MR) is 105 cm³/mol. The second-order valence-corrected chi connectivity index (χ2v) is 9.22. The number of piperazine rings is 1. The summed E-state index contributed by atoms with van der Waals surface area (Å²) in [7, 11) is 1.37. The van der Waals surface area contributed by atoms with Crippen LogP contribution in [0.15, 0.2) is 0 Å². The van der Waals surface area contributed by atoms with Crippen LogP contribution in [0.3, 0.4) is 0 Å². The number of aryl methyl sites for hydroxylation is 1. The van der Waals surface area contributed by atoms with E-state index in [1.165, 1.54) is 27.8 Å². The minimum Gasteiger partial charge on any atom is -0.465 e. The first-order chi connectivity index (χ1) is 14.5. The summed E-state index contributed by atoms with van der Waals surface area (Å²) < 4.78 is 10.9. The first-order valence-electron chi connectivity index (χ1n) is 9.71. The van der Waals surface area contributed by atoms with Crippen molar-refractivity contribution in [1.29, 1.82) is 0 Å². The molecule has 178 valence electrons. The number of hydrogen-bond acceptors (Lipinski definition) is 9. The van der Waals surface area contributed by atoms with Gasteiger partial charge in [-0.3, -0.25) is 9.80 Å². The van der Waals surface area contributed by atoms with Crippen molar-refractivity contribution >= 4 is 24.1 Å². The van der Waals surface area contributed by atoms with E-state index in [0.29, 0.717) is 9.80 Å². The average molecular weight is 456 g/mol. The van der Waals surface area contributed by atoms with Gasteiger partial charge in [-0.25, -0.2) is 19.2 Å². The zero-order chi connectivity index (χ0) is 24.6. The molecule has 32 heavy (non-hydrogen) atoms. The molecule has 1 aliphatic rings. The zero-order valence-corrected chi connectivity index (χ0v) is 19.0. The molecule has 0 saturated carbocycles. The molecule has 1 saturated heterocycles. The van der Waals surface area contributed by atoms with Gasteiger partial charge >= 0.3 is 24.1 Å². The summed E-state index contributed by atoms with van der Waals surface area (Å²) in [5, 5.41) is 31.2. The number of carbonyl (C=O) groups excluding carboxylic acids is 2. The highest BCUT2D eigenvalue weighted by Gasteiger charge is 2.67. The normalized spacial score (nSPS) is 21.8. The largest absolute Gasteiger partial charge is 0.465 e. The van der Waals surface area contributed by atoms with E-state index in [-0.39, 0.29) is 0 Å². The molecule has 2 unspecified atom stereocenters. The zero-order valence-electron chi connectivity index (χ0n) is 19.0. The molecule has 2 atom stereocenters. The van der Waals surface area contributed by atoms with Gasteiger partial charge in [-0.1, -0.05) is 0 Å². The van der Waals surface area contributed by atoms with Gasteiger partial charge in [0.1, 0.15) is 11.2 Å². The van der Waals surface area contributed by atoms with E-state index in [0.717, 1.165) is 4.80 Å². The molecule has 0 spiro atoms. The molecule has 0 bridgehead atoms. The fourth-order valence-corrected chi connectivity index (χ4v) is 3.34. The van der Waals surface area contributed by atoms with Crippen molar-refractivity contribution in [3.63, 3.8) is 0 Å². The molecule has 0 aromatic carbocycles. The number of carboxylic acid groups (broad SMARTS) is 2. The molecule has 0 radical (unpaired) electrons. The Balaban J connectivity index is 2.90. The lowest BCUT2D eigenvalue weighted by Gasteiger charge is -2.49. The monoisotopic (exact) mass is 456 g/mol. The summed E-state index contributed by atoms with van der Waals surface area (Å²) in [4.78, 5) is 53.5. The summed E-state index contributed by atoms with van der Waals surface area (Å²) in [6.07, 6.45) is -3.18. The molecule has 2 amide bonds. The van der Waals surface area contributed by atoms with Crippen LogP contribution >= 0.6 is 0 Å².